The van der Waals surface area contributed by atoms with Crippen molar-refractivity contribution < 1.29 is 14.3 Å². The molecule has 0 spiro atoms. The van der Waals surface area contributed by atoms with Gasteiger partial charge >= 0.3 is 5.97 Å². The quantitative estimate of drug-likeness (QED) is 0.904. The van der Waals surface area contributed by atoms with Crippen LogP contribution in [0, 0.1) is 5.82 Å². The zero-order valence-electron chi connectivity index (χ0n) is 11.2. The number of hydrogen-bond donors (Lipinski definition) is 1. The van der Waals surface area contributed by atoms with Crippen molar-refractivity contribution in [1.82, 2.24) is 9.80 Å². The highest BCUT2D eigenvalue weighted by Crippen LogP contribution is 2.16. The first-order valence-electron chi connectivity index (χ1n) is 6.64. The van der Waals surface area contributed by atoms with Crippen LogP contribution in [0.4, 0.5) is 4.39 Å². The van der Waals surface area contributed by atoms with E-state index in [1.807, 2.05) is 0 Å². The number of carboxylic acids is 1. The van der Waals surface area contributed by atoms with Crippen LogP contribution in [-0.4, -0.2) is 53.6 Å². The van der Waals surface area contributed by atoms with Crippen molar-refractivity contribution in [1.29, 1.82) is 0 Å². The normalized spacial score (nSPS) is 17.3. The lowest BCUT2D eigenvalue weighted by atomic mass is 10.2. The van der Waals surface area contributed by atoms with E-state index in [-0.39, 0.29) is 12.2 Å². The zero-order chi connectivity index (χ0) is 14.5. The Hall–Kier alpha value is -1.17. The molecule has 0 unspecified atom stereocenters. The minimum absolute atomic E-state index is 0.180. The monoisotopic (exact) mass is 300 g/mol. The Labute approximate surface area is 122 Å². The molecule has 110 valence electrons. The van der Waals surface area contributed by atoms with Gasteiger partial charge in [-0.2, -0.15) is 0 Å². The minimum atomic E-state index is -0.762. The van der Waals surface area contributed by atoms with Gasteiger partial charge in [0.15, 0.2) is 0 Å². The average Bonchev–Trinajstić information content (AvgIpc) is 2.36. The summed E-state index contributed by atoms with van der Waals surface area (Å²) in [5.74, 6) is -1.07. The molecule has 1 aliphatic rings. The van der Waals surface area contributed by atoms with Crippen LogP contribution in [0.1, 0.15) is 12.0 Å². The average molecular weight is 301 g/mol. The topological polar surface area (TPSA) is 43.8 Å². The summed E-state index contributed by atoms with van der Waals surface area (Å²) in [6.07, 6.45) is 0.180. The predicted molar refractivity (Wildman–Crippen MR) is 75.4 cm³/mol. The number of aliphatic carboxylic acids is 1. The molecule has 0 amide bonds. The van der Waals surface area contributed by atoms with Gasteiger partial charge in [-0.1, -0.05) is 11.6 Å². The fourth-order valence-electron chi connectivity index (χ4n) is 2.39. The van der Waals surface area contributed by atoms with E-state index in [1.165, 1.54) is 12.1 Å². The van der Waals surface area contributed by atoms with Gasteiger partial charge in [-0.15, -0.1) is 0 Å². The standard InChI is InChI=1S/C14H18ClFN2O2/c15-12-7-11(8-13(16)9-12)10-18-5-3-17(4-6-18)2-1-14(19)20/h7-9H,1-6,10H2,(H,19,20). The van der Waals surface area contributed by atoms with Gasteiger partial charge in [-0.05, 0) is 23.8 Å². The van der Waals surface area contributed by atoms with Gasteiger partial charge in [0.2, 0.25) is 0 Å². The molecule has 0 saturated carbocycles. The van der Waals surface area contributed by atoms with E-state index in [1.54, 1.807) is 6.07 Å². The Kier molecular flexibility index (Phi) is 5.34. The van der Waals surface area contributed by atoms with Crippen LogP contribution in [0.15, 0.2) is 18.2 Å². The van der Waals surface area contributed by atoms with E-state index < -0.39 is 5.97 Å². The molecule has 1 saturated heterocycles. The van der Waals surface area contributed by atoms with Crippen LogP contribution in [-0.2, 0) is 11.3 Å². The van der Waals surface area contributed by atoms with E-state index in [0.717, 1.165) is 31.7 Å². The van der Waals surface area contributed by atoms with Gasteiger partial charge in [0.25, 0.3) is 0 Å². The smallest absolute Gasteiger partial charge is 0.304 e. The van der Waals surface area contributed by atoms with E-state index in [4.69, 9.17) is 16.7 Å². The minimum Gasteiger partial charge on any atom is -0.481 e. The zero-order valence-corrected chi connectivity index (χ0v) is 11.9. The molecule has 2 rings (SSSR count). The van der Waals surface area contributed by atoms with E-state index >= 15 is 0 Å². The summed E-state index contributed by atoms with van der Waals surface area (Å²) in [6, 6.07) is 4.58. The number of halogens is 2. The summed E-state index contributed by atoms with van der Waals surface area (Å²) < 4.78 is 13.3. The Morgan fingerprint density at radius 2 is 1.85 bits per heavy atom. The Morgan fingerprint density at radius 1 is 1.20 bits per heavy atom. The van der Waals surface area contributed by atoms with Crippen LogP contribution in [0.5, 0.6) is 0 Å². The molecule has 0 aliphatic carbocycles. The van der Waals surface area contributed by atoms with Gasteiger partial charge in [-0.25, -0.2) is 4.39 Å². The highest BCUT2D eigenvalue weighted by atomic mass is 35.5. The third-order valence-corrected chi connectivity index (χ3v) is 3.65. The Balaban J connectivity index is 1.80. The van der Waals surface area contributed by atoms with Crippen molar-refractivity contribution >= 4 is 17.6 Å². The lowest BCUT2D eigenvalue weighted by Gasteiger charge is -2.34. The first kappa shape index (κ1) is 15.2. The number of benzene rings is 1. The fraction of sp³-hybridized carbons (Fsp3) is 0.500. The highest BCUT2D eigenvalue weighted by Gasteiger charge is 2.17. The van der Waals surface area contributed by atoms with Gasteiger partial charge < -0.3 is 10.0 Å². The van der Waals surface area contributed by atoms with Crippen LogP contribution in [0.3, 0.4) is 0 Å². The molecule has 1 aromatic carbocycles. The second-order valence-corrected chi connectivity index (χ2v) is 5.48. The predicted octanol–water partition coefficient (Wildman–Crippen LogP) is 2.07. The van der Waals surface area contributed by atoms with Crippen molar-refractivity contribution in [3.63, 3.8) is 0 Å². The van der Waals surface area contributed by atoms with Crippen molar-refractivity contribution in [3.8, 4) is 0 Å². The molecule has 1 N–H and O–H groups in total. The van der Waals surface area contributed by atoms with E-state index in [0.29, 0.717) is 18.1 Å². The first-order chi connectivity index (χ1) is 9.52. The van der Waals surface area contributed by atoms with Crippen molar-refractivity contribution in [2.75, 3.05) is 32.7 Å². The largest absolute Gasteiger partial charge is 0.481 e. The molecule has 1 heterocycles. The molecule has 1 fully saturated rings. The Bertz CT molecular complexity index is 456. The molecule has 0 aromatic heterocycles. The number of hydrogen-bond acceptors (Lipinski definition) is 3. The lowest BCUT2D eigenvalue weighted by molar-refractivity contribution is -0.137. The molecule has 0 bridgehead atoms. The lowest BCUT2D eigenvalue weighted by Crippen LogP contribution is -2.46. The van der Waals surface area contributed by atoms with Crippen LogP contribution in [0.2, 0.25) is 5.02 Å². The van der Waals surface area contributed by atoms with Crippen molar-refractivity contribution in [2.24, 2.45) is 0 Å². The fourth-order valence-corrected chi connectivity index (χ4v) is 2.63. The number of nitrogens with zero attached hydrogens (tertiary/aromatic N) is 2. The molecule has 0 radical (unpaired) electrons. The molecule has 20 heavy (non-hydrogen) atoms. The molecule has 1 aromatic rings. The number of piperazine rings is 1. The first-order valence-corrected chi connectivity index (χ1v) is 7.02. The third-order valence-electron chi connectivity index (χ3n) is 3.44. The summed E-state index contributed by atoms with van der Waals surface area (Å²) in [4.78, 5) is 14.9. The van der Waals surface area contributed by atoms with Gasteiger partial charge in [-0.3, -0.25) is 9.69 Å². The van der Waals surface area contributed by atoms with Crippen molar-refractivity contribution in [2.45, 2.75) is 13.0 Å². The van der Waals surface area contributed by atoms with E-state index in [9.17, 15) is 9.18 Å². The number of carbonyl (C=O) groups is 1. The second-order valence-electron chi connectivity index (χ2n) is 5.04. The molecular weight excluding hydrogens is 283 g/mol. The maximum atomic E-state index is 13.3. The molecule has 0 atom stereocenters. The highest BCUT2D eigenvalue weighted by molar-refractivity contribution is 6.30. The summed E-state index contributed by atoms with van der Waals surface area (Å²) in [5.41, 5.74) is 0.869. The second kappa shape index (κ2) is 7.02. The SMILES string of the molecule is O=C(O)CCN1CCN(Cc2cc(F)cc(Cl)c2)CC1. The molecule has 4 nitrogen and oxygen atoms in total. The molecule has 1 aliphatic heterocycles. The van der Waals surface area contributed by atoms with E-state index in [2.05, 4.69) is 9.80 Å². The summed E-state index contributed by atoms with van der Waals surface area (Å²) >= 11 is 5.84. The van der Waals surface area contributed by atoms with Gasteiger partial charge in [0.05, 0.1) is 6.42 Å². The van der Waals surface area contributed by atoms with Crippen LogP contribution >= 0.6 is 11.6 Å². The van der Waals surface area contributed by atoms with Crippen molar-refractivity contribution in [3.05, 3.63) is 34.6 Å². The summed E-state index contributed by atoms with van der Waals surface area (Å²) in [5, 5.41) is 9.07. The maximum Gasteiger partial charge on any atom is 0.304 e. The number of carboxylic acid groups (broad SMARTS) is 1. The van der Waals surface area contributed by atoms with Crippen LogP contribution < -0.4 is 0 Å². The summed E-state index contributed by atoms with van der Waals surface area (Å²) in [7, 11) is 0. The molecule has 6 heteroatoms. The van der Waals surface area contributed by atoms with Gasteiger partial charge in [0, 0.05) is 44.3 Å². The summed E-state index contributed by atoms with van der Waals surface area (Å²) in [6.45, 7) is 4.66. The third kappa shape index (κ3) is 4.74. The maximum absolute atomic E-state index is 13.3. The van der Waals surface area contributed by atoms with Crippen LogP contribution in [0.25, 0.3) is 0 Å². The molecular formula is C14H18ClFN2O2. The Morgan fingerprint density at radius 3 is 2.45 bits per heavy atom. The number of rotatable bonds is 5. The van der Waals surface area contributed by atoms with Gasteiger partial charge in [0.1, 0.15) is 5.82 Å².